The van der Waals surface area contributed by atoms with Gasteiger partial charge < -0.3 is 10.4 Å². The molecule has 2 rings (SSSR count). The zero-order valence-corrected chi connectivity index (χ0v) is 10.5. The molecule has 3 nitrogen and oxygen atoms in total. The van der Waals surface area contributed by atoms with Crippen LogP contribution in [0.15, 0.2) is 42.5 Å². The van der Waals surface area contributed by atoms with Crippen molar-refractivity contribution in [1.29, 1.82) is 0 Å². The third-order valence-electron chi connectivity index (χ3n) is 2.76. The third-order valence-corrected chi connectivity index (χ3v) is 2.76. The van der Waals surface area contributed by atoms with E-state index < -0.39 is 0 Å². The molecule has 0 unspecified atom stereocenters. The van der Waals surface area contributed by atoms with Crippen molar-refractivity contribution in [2.45, 2.75) is 13.5 Å². The molecule has 0 spiro atoms. The lowest BCUT2D eigenvalue weighted by atomic mass is 10.1. The number of phenols is 1. The molecule has 2 aromatic rings. The third kappa shape index (κ3) is 3.31. The summed E-state index contributed by atoms with van der Waals surface area (Å²) in [5, 5.41) is 12.4. The number of hydrogen-bond donors (Lipinski definition) is 2. The summed E-state index contributed by atoms with van der Waals surface area (Å²) in [5.41, 5.74) is 1.90. The highest BCUT2D eigenvalue weighted by atomic mass is 19.1. The molecule has 4 heteroatoms. The SMILES string of the molecule is Cc1ccc(C(=O)NCc2ccc(F)cc2)c(O)c1. The second kappa shape index (κ2) is 5.52. The van der Waals surface area contributed by atoms with Crippen LogP contribution in [0.5, 0.6) is 5.75 Å². The maximum Gasteiger partial charge on any atom is 0.255 e. The average molecular weight is 259 g/mol. The predicted molar refractivity (Wildman–Crippen MR) is 70.4 cm³/mol. The lowest BCUT2D eigenvalue weighted by Crippen LogP contribution is -2.22. The first-order valence-electron chi connectivity index (χ1n) is 5.88. The molecule has 19 heavy (non-hydrogen) atoms. The van der Waals surface area contributed by atoms with Gasteiger partial charge in [-0.05, 0) is 42.3 Å². The van der Waals surface area contributed by atoms with Gasteiger partial charge in [0.2, 0.25) is 0 Å². The number of nitrogens with one attached hydrogen (secondary N) is 1. The van der Waals surface area contributed by atoms with E-state index in [9.17, 15) is 14.3 Å². The van der Waals surface area contributed by atoms with Gasteiger partial charge in [-0.2, -0.15) is 0 Å². The molecule has 0 saturated heterocycles. The van der Waals surface area contributed by atoms with Crippen molar-refractivity contribution < 1.29 is 14.3 Å². The maximum absolute atomic E-state index is 12.7. The summed E-state index contributed by atoms with van der Waals surface area (Å²) >= 11 is 0. The first-order chi connectivity index (χ1) is 9.06. The molecule has 0 heterocycles. The Kier molecular flexibility index (Phi) is 3.80. The van der Waals surface area contributed by atoms with Crippen molar-refractivity contribution in [2.75, 3.05) is 0 Å². The van der Waals surface area contributed by atoms with Crippen molar-refractivity contribution in [2.24, 2.45) is 0 Å². The number of phenolic OH excluding ortho intramolecular Hbond substituents is 1. The summed E-state index contributed by atoms with van der Waals surface area (Å²) in [5.74, 6) is -0.718. The summed E-state index contributed by atoms with van der Waals surface area (Å²) in [7, 11) is 0. The summed E-state index contributed by atoms with van der Waals surface area (Å²) in [6, 6.07) is 10.7. The molecule has 0 saturated carbocycles. The minimum absolute atomic E-state index is 0.0448. The van der Waals surface area contributed by atoms with E-state index in [0.717, 1.165) is 11.1 Å². The Labute approximate surface area is 110 Å². The lowest BCUT2D eigenvalue weighted by Gasteiger charge is -2.07. The Balaban J connectivity index is 2.03. The van der Waals surface area contributed by atoms with Crippen LogP contribution in [-0.4, -0.2) is 11.0 Å². The molecule has 0 atom stereocenters. The second-order valence-corrected chi connectivity index (χ2v) is 4.33. The maximum atomic E-state index is 12.7. The minimum atomic E-state index is -0.359. The van der Waals surface area contributed by atoms with Gasteiger partial charge in [-0.25, -0.2) is 4.39 Å². The van der Waals surface area contributed by atoms with Crippen LogP contribution in [0.1, 0.15) is 21.5 Å². The average Bonchev–Trinajstić information content (AvgIpc) is 2.37. The monoisotopic (exact) mass is 259 g/mol. The van der Waals surface area contributed by atoms with Gasteiger partial charge in [-0.15, -0.1) is 0 Å². The van der Waals surface area contributed by atoms with Gasteiger partial charge in [0.25, 0.3) is 5.91 Å². The summed E-state index contributed by atoms with van der Waals surface area (Å²) in [6.07, 6.45) is 0. The van der Waals surface area contributed by atoms with Crippen molar-refractivity contribution >= 4 is 5.91 Å². The first kappa shape index (κ1) is 13.1. The number of aryl methyl sites for hydroxylation is 1. The molecular formula is C15H14FNO2. The van der Waals surface area contributed by atoms with E-state index in [-0.39, 0.29) is 29.6 Å². The van der Waals surface area contributed by atoms with Gasteiger partial charge in [-0.3, -0.25) is 4.79 Å². The van der Waals surface area contributed by atoms with E-state index in [2.05, 4.69) is 5.32 Å². The molecule has 0 aromatic heterocycles. The fourth-order valence-electron chi connectivity index (χ4n) is 1.71. The van der Waals surface area contributed by atoms with E-state index >= 15 is 0 Å². The topological polar surface area (TPSA) is 49.3 Å². The fraction of sp³-hybridized carbons (Fsp3) is 0.133. The van der Waals surface area contributed by atoms with Crippen LogP contribution >= 0.6 is 0 Å². The van der Waals surface area contributed by atoms with E-state index in [4.69, 9.17) is 0 Å². The number of aromatic hydroxyl groups is 1. The van der Waals surface area contributed by atoms with Gasteiger partial charge in [0.15, 0.2) is 0 Å². The molecule has 98 valence electrons. The minimum Gasteiger partial charge on any atom is -0.507 e. The molecule has 2 N–H and O–H groups in total. The van der Waals surface area contributed by atoms with Crippen LogP contribution in [0.25, 0.3) is 0 Å². The fourth-order valence-corrected chi connectivity index (χ4v) is 1.71. The van der Waals surface area contributed by atoms with Gasteiger partial charge in [0.05, 0.1) is 5.56 Å². The van der Waals surface area contributed by atoms with Gasteiger partial charge in [-0.1, -0.05) is 18.2 Å². The zero-order chi connectivity index (χ0) is 13.8. The Morgan fingerprint density at radius 1 is 1.21 bits per heavy atom. The highest BCUT2D eigenvalue weighted by molar-refractivity contribution is 5.96. The van der Waals surface area contributed by atoms with Gasteiger partial charge in [0.1, 0.15) is 11.6 Å². The molecular weight excluding hydrogens is 245 g/mol. The van der Waals surface area contributed by atoms with Crippen molar-refractivity contribution in [3.05, 3.63) is 65.0 Å². The van der Waals surface area contributed by atoms with E-state index in [1.165, 1.54) is 18.2 Å². The van der Waals surface area contributed by atoms with Crippen LogP contribution in [0, 0.1) is 12.7 Å². The van der Waals surface area contributed by atoms with E-state index in [1.54, 1.807) is 24.3 Å². The number of amides is 1. The van der Waals surface area contributed by atoms with Crippen LogP contribution in [0.2, 0.25) is 0 Å². The molecule has 1 amide bonds. The predicted octanol–water partition coefficient (Wildman–Crippen LogP) is 2.77. The van der Waals surface area contributed by atoms with Crippen LogP contribution in [0.3, 0.4) is 0 Å². The number of carbonyl (C=O) groups excluding carboxylic acids is 1. The first-order valence-corrected chi connectivity index (χ1v) is 5.88. The molecule has 0 radical (unpaired) electrons. The Morgan fingerprint density at radius 3 is 2.53 bits per heavy atom. The molecule has 0 aliphatic heterocycles. The van der Waals surface area contributed by atoms with Crippen molar-refractivity contribution in [3.8, 4) is 5.75 Å². The zero-order valence-electron chi connectivity index (χ0n) is 10.5. The Hall–Kier alpha value is -2.36. The van der Waals surface area contributed by atoms with Crippen molar-refractivity contribution in [3.63, 3.8) is 0 Å². The van der Waals surface area contributed by atoms with E-state index in [0.29, 0.717) is 0 Å². The number of carbonyl (C=O) groups is 1. The Bertz CT molecular complexity index is 594. The van der Waals surface area contributed by atoms with Gasteiger partial charge in [0, 0.05) is 6.54 Å². The summed E-state index contributed by atoms with van der Waals surface area (Å²) in [4.78, 5) is 11.9. The van der Waals surface area contributed by atoms with Crippen LogP contribution in [-0.2, 0) is 6.54 Å². The van der Waals surface area contributed by atoms with Crippen LogP contribution < -0.4 is 5.32 Å². The number of hydrogen-bond acceptors (Lipinski definition) is 2. The lowest BCUT2D eigenvalue weighted by molar-refractivity contribution is 0.0948. The highest BCUT2D eigenvalue weighted by Crippen LogP contribution is 2.18. The summed E-state index contributed by atoms with van der Waals surface area (Å²) in [6.45, 7) is 2.12. The molecule has 0 aliphatic rings. The Morgan fingerprint density at radius 2 is 1.89 bits per heavy atom. The number of rotatable bonds is 3. The largest absolute Gasteiger partial charge is 0.507 e. The number of halogens is 1. The van der Waals surface area contributed by atoms with Crippen molar-refractivity contribution in [1.82, 2.24) is 5.32 Å². The molecule has 0 bridgehead atoms. The standard InChI is InChI=1S/C15H14FNO2/c1-10-2-7-13(14(18)8-10)15(19)17-9-11-3-5-12(16)6-4-11/h2-8,18H,9H2,1H3,(H,17,19). The highest BCUT2D eigenvalue weighted by Gasteiger charge is 2.10. The quantitative estimate of drug-likeness (QED) is 0.890. The molecule has 0 aliphatic carbocycles. The smallest absolute Gasteiger partial charge is 0.255 e. The van der Waals surface area contributed by atoms with Gasteiger partial charge >= 0.3 is 0 Å². The second-order valence-electron chi connectivity index (χ2n) is 4.33. The molecule has 2 aromatic carbocycles. The summed E-state index contributed by atoms with van der Waals surface area (Å²) < 4.78 is 12.7. The van der Waals surface area contributed by atoms with Crippen LogP contribution in [0.4, 0.5) is 4.39 Å². The van der Waals surface area contributed by atoms with E-state index in [1.807, 2.05) is 6.92 Å². The number of benzene rings is 2. The normalized spacial score (nSPS) is 10.2. The molecule has 0 fully saturated rings.